The average Bonchev–Trinajstić information content (AvgIpc) is 2.66. The van der Waals surface area contributed by atoms with Gasteiger partial charge in [-0.3, -0.25) is 9.59 Å². The molecule has 142 valence electrons. The molecule has 0 heterocycles. The molecule has 2 amide bonds. The van der Waals surface area contributed by atoms with Gasteiger partial charge in [0.2, 0.25) is 11.8 Å². The quantitative estimate of drug-likeness (QED) is 0.762. The lowest BCUT2D eigenvalue weighted by Crippen LogP contribution is -2.38. The van der Waals surface area contributed by atoms with Gasteiger partial charge in [0, 0.05) is 25.7 Å². The van der Waals surface area contributed by atoms with E-state index in [1.54, 1.807) is 24.3 Å². The standard InChI is InChI=1S/C21H24N2O4/c1-15-7-9-17(10-8-15)13-20(25)22-11-12-23(16(2)24)19-6-4-5-18(14-19)21(26)27-3/h4-10,14H,11-13H2,1-3H3,(H,22,25). The van der Waals surface area contributed by atoms with Crippen molar-refractivity contribution in [3.05, 3.63) is 65.2 Å². The Kier molecular flexibility index (Phi) is 7.11. The zero-order valence-corrected chi connectivity index (χ0v) is 15.8. The fourth-order valence-electron chi connectivity index (χ4n) is 2.65. The predicted octanol–water partition coefficient (Wildman–Crippen LogP) is 2.49. The van der Waals surface area contributed by atoms with Gasteiger partial charge in [0.25, 0.3) is 0 Å². The number of nitrogens with zero attached hydrogens (tertiary/aromatic N) is 1. The Morgan fingerprint density at radius 3 is 2.41 bits per heavy atom. The van der Waals surface area contributed by atoms with Gasteiger partial charge in [0.05, 0.1) is 19.1 Å². The topological polar surface area (TPSA) is 75.7 Å². The van der Waals surface area contributed by atoms with E-state index in [0.29, 0.717) is 24.3 Å². The largest absolute Gasteiger partial charge is 0.465 e. The van der Waals surface area contributed by atoms with Gasteiger partial charge in [-0.15, -0.1) is 0 Å². The van der Waals surface area contributed by atoms with Gasteiger partial charge < -0.3 is 15.0 Å². The van der Waals surface area contributed by atoms with Crippen molar-refractivity contribution in [1.82, 2.24) is 5.32 Å². The zero-order chi connectivity index (χ0) is 19.8. The molecule has 27 heavy (non-hydrogen) atoms. The number of methoxy groups -OCH3 is 1. The summed E-state index contributed by atoms with van der Waals surface area (Å²) in [5.74, 6) is -0.748. The Balaban J connectivity index is 1.95. The molecule has 0 radical (unpaired) electrons. The number of nitrogens with one attached hydrogen (secondary N) is 1. The molecule has 0 spiro atoms. The molecule has 0 aliphatic heterocycles. The third kappa shape index (κ3) is 5.95. The van der Waals surface area contributed by atoms with Crippen LogP contribution in [0.1, 0.15) is 28.4 Å². The minimum absolute atomic E-state index is 0.106. The van der Waals surface area contributed by atoms with Crippen molar-refractivity contribution >= 4 is 23.5 Å². The van der Waals surface area contributed by atoms with E-state index in [9.17, 15) is 14.4 Å². The van der Waals surface area contributed by atoms with E-state index in [1.165, 1.54) is 18.9 Å². The fraction of sp³-hybridized carbons (Fsp3) is 0.286. The molecule has 0 atom stereocenters. The van der Waals surface area contributed by atoms with Crippen molar-refractivity contribution in [2.75, 3.05) is 25.1 Å². The number of anilines is 1. The highest BCUT2D eigenvalue weighted by Crippen LogP contribution is 2.17. The molecule has 0 aliphatic carbocycles. The summed E-state index contributed by atoms with van der Waals surface area (Å²) in [6.45, 7) is 4.06. The molecular weight excluding hydrogens is 344 g/mol. The van der Waals surface area contributed by atoms with Crippen molar-refractivity contribution < 1.29 is 19.1 Å². The van der Waals surface area contributed by atoms with Gasteiger partial charge >= 0.3 is 5.97 Å². The zero-order valence-electron chi connectivity index (χ0n) is 15.8. The molecule has 0 fully saturated rings. The van der Waals surface area contributed by atoms with Crippen LogP contribution in [-0.4, -0.2) is 38.0 Å². The van der Waals surface area contributed by atoms with Crippen LogP contribution in [0.5, 0.6) is 0 Å². The summed E-state index contributed by atoms with van der Waals surface area (Å²) in [5.41, 5.74) is 3.03. The van der Waals surface area contributed by atoms with Crippen LogP contribution in [0.2, 0.25) is 0 Å². The third-order valence-corrected chi connectivity index (χ3v) is 4.10. The van der Waals surface area contributed by atoms with E-state index in [4.69, 9.17) is 4.74 Å². The van der Waals surface area contributed by atoms with E-state index < -0.39 is 5.97 Å². The van der Waals surface area contributed by atoms with Gasteiger partial charge in [-0.2, -0.15) is 0 Å². The normalized spacial score (nSPS) is 10.2. The number of carbonyl (C=O) groups is 3. The SMILES string of the molecule is COC(=O)c1cccc(N(CCNC(=O)Cc2ccc(C)cc2)C(C)=O)c1. The van der Waals surface area contributed by atoms with Gasteiger partial charge in [0.1, 0.15) is 0 Å². The maximum absolute atomic E-state index is 12.1. The van der Waals surface area contributed by atoms with Crippen LogP contribution in [0.15, 0.2) is 48.5 Å². The molecule has 6 nitrogen and oxygen atoms in total. The van der Waals surface area contributed by atoms with Crippen molar-refractivity contribution in [3.8, 4) is 0 Å². The summed E-state index contributed by atoms with van der Waals surface area (Å²) in [6, 6.07) is 14.4. The Hall–Kier alpha value is -3.15. The highest BCUT2D eigenvalue weighted by molar-refractivity contribution is 5.95. The molecule has 0 aliphatic rings. The molecule has 1 N–H and O–H groups in total. The first kappa shape index (κ1) is 20.2. The highest BCUT2D eigenvalue weighted by atomic mass is 16.5. The molecule has 2 aromatic carbocycles. The first-order chi connectivity index (χ1) is 12.9. The number of rotatable bonds is 7. The van der Waals surface area contributed by atoms with E-state index in [1.807, 2.05) is 31.2 Å². The number of aryl methyl sites for hydroxylation is 1. The molecule has 6 heteroatoms. The molecule has 0 bridgehead atoms. The van der Waals surface area contributed by atoms with Crippen molar-refractivity contribution in [2.24, 2.45) is 0 Å². The third-order valence-electron chi connectivity index (χ3n) is 4.10. The Morgan fingerprint density at radius 2 is 1.78 bits per heavy atom. The monoisotopic (exact) mass is 368 g/mol. The molecule has 0 saturated carbocycles. The Bertz CT molecular complexity index is 815. The van der Waals surface area contributed by atoms with Crippen LogP contribution >= 0.6 is 0 Å². The van der Waals surface area contributed by atoms with Crippen LogP contribution in [0.4, 0.5) is 5.69 Å². The van der Waals surface area contributed by atoms with Gasteiger partial charge in [-0.1, -0.05) is 35.9 Å². The smallest absolute Gasteiger partial charge is 0.337 e. The lowest BCUT2D eigenvalue weighted by Gasteiger charge is -2.22. The van der Waals surface area contributed by atoms with Gasteiger partial charge in [-0.25, -0.2) is 4.79 Å². The van der Waals surface area contributed by atoms with E-state index in [-0.39, 0.29) is 18.2 Å². The molecule has 0 saturated heterocycles. The maximum atomic E-state index is 12.1. The number of carbonyl (C=O) groups excluding carboxylic acids is 3. The first-order valence-corrected chi connectivity index (χ1v) is 8.69. The minimum Gasteiger partial charge on any atom is -0.465 e. The molecule has 0 unspecified atom stereocenters. The maximum Gasteiger partial charge on any atom is 0.337 e. The predicted molar refractivity (Wildman–Crippen MR) is 104 cm³/mol. The molecule has 2 aromatic rings. The van der Waals surface area contributed by atoms with Crippen molar-refractivity contribution in [2.45, 2.75) is 20.3 Å². The second kappa shape index (κ2) is 9.52. The summed E-state index contributed by atoms with van der Waals surface area (Å²) < 4.78 is 4.71. The van der Waals surface area contributed by atoms with E-state index in [0.717, 1.165) is 11.1 Å². The summed E-state index contributed by atoms with van der Waals surface area (Å²) in [7, 11) is 1.31. The summed E-state index contributed by atoms with van der Waals surface area (Å²) in [5, 5.41) is 2.82. The van der Waals surface area contributed by atoms with Crippen LogP contribution < -0.4 is 10.2 Å². The summed E-state index contributed by atoms with van der Waals surface area (Å²) in [4.78, 5) is 37.3. The Morgan fingerprint density at radius 1 is 1.07 bits per heavy atom. The molecule has 2 rings (SSSR count). The second-order valence-corrected chi connectivity index (χ2v) is 6.22. The fourth-order valence-corrected chi connectivity index (χ4v) is 2.65. The number of hydrogen-bond donors (Lipinski definition) is 1. The van der Waals surface area contributed by atoms with Crippen LogP contribution in [-0.2, 0) is 20.7 Å². The second-order valence-electron chi connectivity index (χ2n) is 6.22. The summed E-state index contributed by atoms with van der Waals surface area (Å²) in [6.07, 6.45) is 0.290. The van der Waals surface area contributed by atoms with Crippen molar-refractivity contribution in [3.63, 3.8) is 0 Å². The number of benzene rings is 2. The number of ether oxygens (including phenoxy) is 1. The lowest BCUT2D eigenvalue weighted by atomic mass is 10.1. The van der Waals surface area contributed by atoms with Crippen molar-refractivity contribution in [1.29, 1.82) is 0 Å². The molecule has 0 aromatic heterocycles. The number of esters is 1. The first-order valence-electron chi connectivity index (χ1n) is 8.69. The lowest BCUT2D eigenvalue weighted by molar-refractivity contribution is -0.121. The minimum atomic E-state index is -0.466. The Labute approximate surface area is 159 Å². The average molecular weight is 368 g/mol. The van der Waals surface area contributed by atoms with Crippen LogP contribution in [0.25, 0.3) is 0 Å². The van der Waals surface area contributed by atoms with Gasteiger partial charge in [0.15, 0.2) is 0 Å². The molecular formula is C21H24N2O4. The van der Waals surface area contributed by atoms with Gasteiger partial charge in [-0.05, 0) is 30.7 Å². The highest BCUT2D eigenvalue weighted by Gasteiger charge is 2.14. The van der Waals surface area contributed by atoms with E-state index in [2.05, 4.69) is 5.32 Å². The summed E-state index contributed by atoms with van der Waals surface area (Å²) >= 11 is 0. The number of amides is 2. The van der Waals surface area contributed by atoms with Crippen LogP contribution in [0.3, 0.4) is 0 Å². The van der Waals surface area contributed by atoms with E-state index >= 15 is 0 Å². The number of hydrogen-bond acceptors (Lipinski definition) is 4. The van der Waals surface area contributed by atoms with Crippen LogP contribution in [0, 0.1) is 6.92 Å².